The monoisotopic (exact) mass is 338 g/mol. The maximum Gasteiger partial charge on any atom is 2.00 e. The molecular weight excluding hydrogens is 326 g/mol. The van der Waals surface area contributed by atoms with Gasteiger partial charge in [0, 0.05) is 24.4 Å². The SMILES string of the molecule is N[C@@H](CS)C(=O)[O-].N[C@@H](Cc1c[nH]cn1)C(=O)[O-].[Zn+2]. The predicted molar refractivity (Wildman–Crippen MR) is 62.1 cm³/mol. The molecule has 0 spiro atoms. The van der Waals surface area contributed by atoms with Crippen molar-refractivity contribution in [3.8, 4) is 0 Å². The smallest absolute Gasteiger partial charge is 0.548 e. The molecule has 0 aliphatic carbocycles. The van der Waals surface area contributed by atoms with Crippen molar-refractivity contribution in [3.63, 3.8) is 0 Å². The summed E-state index contributed by atoms with van der Waals surface area (Å²) in [5.74, 6) is -2.38. The number of thiol groups is 1. The summed E-state index contributed by atoms with van der Waals surface area (Å²) in [6, 6.07) is -1.90. The summed E-state index contributed by atoms with van der Waals surface area (Å²) in [6.07, 6.45) is 3.27. The van der Waals surface area contributed by atoms with Gasteiger partial charge in [-0.25, -0.2) is 4.98 Å². The molecule has 0 saturated carbocycles. The molecular formula is C9H14N4O4SZn. The summed E-state index contributed by atoms with van der Waals surface area (Å²) in [5, 5.41) is 19.8. The first-order valence-corrected chi connectivity index (χ1v) is 5.53. The number of hydrogen-bond donors (Lipinski definition) is 4. The first-order valence-electron chi connectivity index (χ1n) is 4.89. The molecule has 19 heavy (non-hydrogen) atoms. The van der Waals surface area contributed by atoms with E-state index in [1.54, 1.807) is 6.20 Å². The molecule has 2 atom stereocenters. The standard InChI is InChI=1S/C6H9N3O2.C3H7NO2S.Zn/c7-5(6(10)11)1-4-2-8-3-9-4;4-2(1-7)3(5)6;/h2-3,5H,1,7H2,(H,8,9)(H,10,11);2,7H,1,4H2,(H,5,6);/q;;+2/p-2/t5-;2-;/m00./s1. The summed E-state index contributed by atoms with van der Waals surface area (Å²) in [6.45, 7) is 0. The Kier molecular flexibility index (Phi) is 11.7. The van der Waals surface area contributed by atoms with Crippen molar-refractivity contribution in [2.45, 2.75) is 18.5 Å². The van der Waals surface area contributed by atoms with Gasteiger partial charge in [0.05, 0.1) is 30.0 Å². The molecule has 0 aliphatic rings. The van der Waals surface area contributed by atoms with Crippen molar-refractivity contribution < 1.29 is 39.3 Å². The number of nitrogens with one attached hydrogen (secondary N) is 1. The van der Waals surface area contributed by atoms with Crippen LogP contribution in [0.25, 0.3) is 0 Å². The van der Waals surface area contributed by atoms with Gasteiger partial charge in [-0.2, -0.15) is 12.6 Å². The summed E-state index contributed by atoms with van der Waals surface area (Å²) < 4.78 is 0. The van der Waals surface area contributed by atoms with E-state index in [9.17, 15) is 19.8 Å². The number of carboxylic acids is 2. The molecule has 8 nitrogen and oxygen atoms in total. The van der Waals surface area contributed by atoms with Crippen LogP contribution in [0.4, 0.5) is 0 Å². The molecule has 1 aromatic heterocycles. The minimum Gasteiger partial charge on any atom is -0.548 e. The average molecular weight is 340 g/mol. The number of aromatic nitrogens is 2. The van der Waals surface area contributed by atoms with Gasteiger partial charge in [0.1, 0.15) is 0 Å². The zero-order chi connectivity index (χ0) is 14.1. The number of rotatable bonds is 5. The number of hydrogen-bond acceptors (Lipinski definition) is 8. The summed E-state index contributed by atoms with van der Waals surface area (Å²) in [7, 11) is 0. The maximum absolute atomic E-state index is 10.2. The Labute approximate surface area is 128 Å². The second kappa shape index (κ2) is 10.9. The molecule has 0 aromatic carbocycles. The fraction of sp³-hybridized carbons (Fsp3) is 0.444. The Morgan fingerprint density at radius 3 is 2.11 bits per heavy atom. The molecule has 5 N–H and O–H groups in total. The summed E-state index contributed by atoms with van der Waals surface area (Å²) in [5.41, 5.74) is 10.7. The molecule has 0 bridgehead atoms. The maximum atomic E-state index is 10.2. The zero-order valence-electron chi connectivity index (χ0n) is 10.1. The third-order valence-electron chi connectivity index (χ3n) is 1.79. The third kappa shape index (κ3) is 9.60. The average Bonchev–Trinajstić information content (AvgIpc) is 2.81. The van der Waals surface area contributed by atoms with Gasteiger partial charge in [-0.1, -0.05) is 0 Å². The van der Waals surface area contributed by atoms with Gasteiger partial charge in [-0.15, -0.1) is 0 Å². The molecule has 102 valence electrons. The van der Waals surface area contributed by atoms with Gasteiger partial charge < -0.3 is 36.3 Å². The number of carbonyl (C=O) groups is 2. The fourth-order valence-corrected chi connectivity index (χ4v) is 0.935. The Bertz CT molecular complexity index is 376. The van der Waals surface area contributed by atoms with E-state index >= 15 is 0 Å². The van der Waals surface area contributed by atoms with Crippen LogP contribution in [0.5, 0.6) is 0 Å². The van der Waals surface area contributed by atoms with Crippen molar-refractivity contribution in [1.82, 2.24) is 9.97 Å². The summed E-state index contributed by atoms with van der Waals surface area (Å²) >= 11 is 3.61. The van der Waals surface area contributed by atoms with Crippen molar-refractivity contribution in [3.05, 3.63) is 18.2 Å². The molecule has 0 saturated heterocycles. The van der Waals surface area contributed by atoms with Crippen molar-refractivity contribution in [2.24, 2.45) is 11.5 Å². The van der Waals surface area contributed by atoms with Crippen LogP contribution in [-0.4, -0.2) is 39.7 Å². The van der Waals surface area contributed by atoms with Crippen LogP contribution in [0.3, 0.4) is 0 Å². The number of nitrogens with two attached hydrogens (primary N) is 2. The van der Waals surface area contributed by atoms with Gasteiger partial charge in [-0.05, 0) is 0 Å². The van der Waals surface area contributed by atoms with Crippen LogP contribution in [0.1, 0.15) is 5.69 Å². The van der Waals surface area contributed by atoms with E-state index in [2.05, 4.69) is 22.6 Å². The fourth-order valence-electron chi connectivity index (χ4n) is 0.786. The third-order valence-corrected chi connectivity index (χ3v) is 2.18. The number of aliphatic carboxylic acids is 2. The molecule has 1 heterocycles. The van der Waals surface area contributed by atoms with Crippen LogP contribution < -0.4 is 21.7 Å². The van der Waals surface area contributed by atoms with Crippen molar-refractivity contribution in [2.75, 3.05) is 5.75 Å². The predicted octanol–water partition coefficient (Wildman–Crippen LogP) is -3.98. The van der Waals surface area contributed by atoms with Gasteiger partial charge in [0.15, 0.2) is 0 Å². The molecule has 0 fully saturated rings. The van der Waals surface area contributed by atoms with Crippen LogP contribution >= 0.6 is 12.6 Å². The molecule has 0 aliphatic heterocycles. The van der Waals surface area contributed by atoms with E-state index in [0.29, 0.717) is 5.69 Å². The van der Waals surface area contributed by atoms with E-state index in [0.717, 1.165) is 0 Å². The number of aromatic amines is 1. The zero-order valence-corrected chi connectivity index (χ0v) is 14.0. The van der Waals surface area contributed by atoms with Crippen molar-refractivity contribution in [1.29, 1.82) is 0 Å². The van der Waals surface area contributed by atoms with Crippen molar-refractivity contribution >= 4 is 24.6 Å². The molecule has 0 amide bonds. The minimum atomic E-state index is -1.26. The van der Waals surface area contributed by atoms with Crippen LogP contribution in [0.2, 0.25) is 0 Å². The Hall–Kier alpha value is -0.957. The van der Waals surface area contributed by atoms with E-state index in [1.165, 1.54) is 6.33 Å². The van der Waals surface area contributed by atoms with E-state index < -0.39 is 24.0 Å². The topological polar surface area (TPSA) is 161 Å². The Morgan fingerprint density at radius 1 is 1.32 bits per heavy atom. The van der Waals surface area contributed by atoms with E-state index in [4.69, 9.17) is 11.5 Å². The normalized spacial score (nSPS) is 12.4. The van der Waals surface area contributed by atoms with Gasteiger partial charge >= 0.3 is 19.5 Å². The Balaban J connectivity index is 0. The molecule has 0 unspecified atom stereocenters. The minimum absolute atomic E-state index is 0. The van der Waals surface area contributed by atoms with Crippen LogP contribution in [0.15, 0.2) is 12.5 Å². The van der Waals surface area contributed by atoms with Gasteiger partial charge in [-0.3, -0.25) is 0 Å². The quantitative estimate of drug-likeness (QED) is 0.314. The number of H-pyrrole nitrogens is 1. The number of carboxylic acid groups (broad SMARTS) is 2. The first kappa shape index (κ1) is 20.4. The van der Waals surface area contributed by atoms with Gasteiger partial charge in [0.2, 0.25) is 0 Å². The first-order chi connectivity index (χ1) is 8.38. The van der Waals surface area contributed by atoms with Gasteiger partial charge in [0.25, 0.3) is 0 Å². The second-order valence-electron chi connectivity index (χ2n) is 3.30. The van der Waals surface area contributed by atoms with E-state index in [1.807, 2.05) is 0 Å². The largest absolute Gasteiger partial charge is 2.00 e. The molecule has 1 aromatic rings. The molecule has 0 radical (unpaired) electrons. The number of carbonyl (C=O) groups excluding carboxylic acids is 2. The van der Waals surface area contributed by atoms with Crippen LogP contribution in [0, 0.1) is 0 Å². The Morgan fingerprint density at radius 2 is 1.84 bits per heavy atom. The second-order valence-corrected chi connectivity index (χ2v) is 3.66. The molecule has 10 heteroatoms. The van der Waals surface area contributed by atoms with Crippen LogP contribution in [-0.2, 0) is 35.5 Å². The summed E-state index contributed by atoms with van der Waals surface area (Å²) in [4.78, 5) is 26.3. The van der Waals surface area contributed by atoms with E-state index in [-0.39, 0.29) is 31.7 Å². The number of imidazole rings is 1. The number of nitrogens with zero attached hydrogens (tertiary/aromatic N) is 1. The molecule has 1 rings (SSSR count).